The highest BCUT2D eigenvalue weighted by molar-refractivity contribution is 8.13. The number of hydrogen-bond acceptors (Lipinski definition) is 8. The highest BCUT2D eigenvalue weighted by atomic mass is 35.5. The molecule has 4 heterocycles. The molecule has 4 aliphatic rings. The second-order valence-electron chi connectivity index (χ2n) is 13.9. The number of halogens is 2. The molecule has 0 bridgehead atoms. The Balaban J connectivity index is 1.10. The zero-order valence-corrected chi connectivity index (χ0v) is 29.4. The van der Waals surface area contributed by atoms with Gasteiger partial charge in [-0.15, -0.1) is 0 Å². The third-order valence-electron chi connectivity index (χ3n) is 10.4. The first-order valence-corrected chi connectivity index (χ1v) is 19.0. The Morgan fingerprint density at radius 2 is 1.98 bits per heavy atom. The highest BCUT2D eigenvalue weighted by Crippen LogP contribution is 2.39. The molecule has 2 saturated heterocycles. The van der Waals surface area contributed by atoms with Crippen molar-refractivity contribution in [2.24, 2.45) is 22.4 Å². The fourth-order valence-electron chi connectivity index (χ4n) is 7.65. The number of epoxide rings is 1. The maximum atomic E-state index is 15.4. The number of anilines is 1. The van der Waals surface area contributed by atoms with Gasteiger partial charge in [-0.3, -0.25) is 10.3 Å². The van der Waals surface area contributed by atoms with Gasteiger partial charge in [0, 0.05) is 53.2 Å². The molecule has 1 aromatic heterocycles. The predicted octanol–water partition coefficient (Wildman–Crippen LogP) is 5.39. The highest BCUT2D eigenvalue weighted by Gasteiger charge is 2.45. The summed E-state index contributed by atoms with van der Waals surface area (Å²) in [6, 6.07) is 15.1. The molecule has 1 saturated carbocycles. The molecular formula is C37H47ClFN7O2S. The minimum absolute atomic E-state index is 0.117. The van der Waals surface area contributed by atoms with Crippen LogP contribution in [0, 0.1) is 17.1 Å². The van der Waals surface area contributed by atoms with Gasteiger partial charge >= 0.3 is 0 Å². The molecule has 1 aliphatic carbocycles. The average Bonchev–Trinajstić information content (AvgIpc) is 4.02. The smallest absolute Gasteiger partial charge is 0.198 e. The van der Waals surface area contributed by atoms with Crippen molar-refractivity contribution in [1.82, 2.24) is 9.88 Å². The second kappa shape index (κ2) is 15.1. The molecule has 3 aliphatic heterocycles. The summed E-state index contributed by atoms with van der Waals surface area (Å²) in [7, 11) is 0. The van der Waals surface area contributed by atoms with Gasteiger partial charge in [-0.2, -0.15) is 0 Å². The van der Waals surface area contributed by atoms with Crippen LogP contribution in [-0.4, -0.2) is 63.6 Å². The number of aromatic amines is 1. The number of ether oxygens (including phenoxy) is 1. The molecule has 9 nitrogen and oxygen atoms in total. The molecule has 2 aromatic carbocycles. The fraction of sp³-hybridized carbons (Fsp3) is 0.514. The maximum absolute atomic E-state index is 15.4. The van der Waals surface area contributed by atoms with Crippen molar-refractivity contribution in [1.29, 1.82) is 5.41 Å². The van der Waals surface area contributed by atoms with Crippen LogP contribution in [0.25, 0.3) is 17.5 Å². The van der Waals surface area contributed by atoms with E-state index in [9.17, 15) is 5.11 Å². The predicted molar refractivity (Wildman–Crippen MR) is 195 cm³/mol. The number of nitrogens with one attached hydrogen (secondary N) is 2. The van der Waals surface area contributed by atoms with Crippen molar-refractivity contribution >= 4 is 40.4 Å². The van der Waals surface area contributed by atoms with Crippen LogP contribution < -0.4 is 27.1 Å². The zero-order chi connectivity index (χ0) is 34.1. The second-order valence-corrected chi connectivity index (χ2v) is 15.5. The lowest BCUT2D eigenvalue weighted by Gasteiger charge is -2.42. The Hall–Kier alpha value is -2.93. The minimum Gasteiger partial charge on any atom is -0.396 e. The molecular weight excluding hydrogens is 661 g/mol. The number of benzene rings is 2. The molecule has 2 unspecified atom stereocenters. The van der Waals surface area contributed by atoms with E-state index in [2.05, 4.69) is 39.0 Å². The maximum Gasteiger partial charge on any atom is 0.198 e. The number of fused-ring (bicyclic) bond motifs is 2. The van der Waals surface area contributed by atoms with Crippen LogP contribution in [0.1, 0.15) is 75.0 Å². The number of nitrogens with two attached hydrogens (primary N) is 2. The first-order chi connectivity index (χ1) is 23.8. The molecule has 3 fully saturated rings. The summed E-state index contributed by atoms with van der Waals surface area (Å²) in [4.78, 5) is 12.8. The van der Waals surface area contributed by atoms with Gasteiger partial charge in [0.05, 0.1) is 10.7 Å². The fourth-order valence-corrected chi connectivity index (χ4v) is 8.39. The third kappa shape index (κ3) is 8.02. The number of aromatic nitrogens is 1. The van der Waals surface area contributed by atoms with E-state index in [1.165, 1.54) is 30.2 Å². The zero-order valence-electron chi connectivity index (χ0n) is 27.8. The Kier molecular flexibility index (Phi) is 10.7. The standard InChI is InChI=1S/C37H47ClFN7O2S/c38-29-19-22(4-1-6-30(40)23-8-9-23)18-28(33(29)39)31-20-25-21-46(36-35(48-36)44-34(25)43-31)27-12-10-24(11-13-27)32-7-2-5-26(14-16-47)45(32)15-3-17-49-37(41)42/h10-13,18-21,23,26,30,32,35-36,47H,1-9,14-17,40H2,(H3,41,42)(H,43,44)/t26-,30+,32-,35?,36?/m0/s1. The molecule has 3 aromatic rings. The van der Waals surface area contributed by atoms with E-state index in [1.807, 2.05) is 18.3 Å². The molecule has 7 N–H and O–H groups in total. The van der Waals surface area contributed by atoms with Crippen LogP contribution in [0.5, 0.6) is 0 Å². The normalized spacial score (nSPS) is 24.0. The SMILES string of the molecule is N=C(N)SCCCN1[C@H](CCO)CCC[C@H]1c1ccc(N2C=c3cc(-c4cc(CCC[C@@H](N)C5CC5)cc(Cl)c4F)[nH]c3=NC3OC32)cc1. The number of piperidine rings is 1. The Labute approximate surface area is 296 Å². The van der Waals surface area contributed by atoms with E-state index in [-0.39, 0.29) is 41.3 Å². The van der Waals surface area contributed by atoms with Crippen LogP contribution in [0.4, 0.5) is 10.1 Å². The summed E-state index contributed by atoms with van der Waals surface area (Å²) in [6.07, 6.45) is 11.6. The summed E-state index contributed by atoms with van der Waals surface area (Å²) in [6.45, 7) is 1.08. The van der Waals surface area contributed by atoms with Crippen molar-refractivity contribution in [3.8, 4) is 11.3 Å². The first kappa shape index (κ1) is 34.5. The molecule has 5 atom stereocenters. The number of H-pyrrole nitrogens is 1. The molecule has 262 valence electrons. The number of amidine groups is 1. The van der Waals surface area contributed by atoms with E-state index >= 15 is 4.39 Å². The molecule has 49 heavy (non-hydrogen) atoms. The summed E-state index contributed by atoms with van der Waals surface area (Å²) >= 11 is 7.78. The van der Waals surface area contributed by atoms with Gasteiger partial charge < -0.3 is 31.2 Å². The number of rotatable bonds is 14. The summed E-state index contributed by atoms with van der Waals surface area (Å²) in [5.41, 5.74) is 16.8. The number of likely N-dealkylation sites (tertiary alicyclic amines) is 1. The van der Waals surface area contributed by atoms with E-state index in [1.54, 1.807) is 6.07 Å². The van der Waals surface area contributed by atoms with Crippen LogP contribution in [0.15, 0.2) is 47.5 Å². The van der Waals surface area contributed by atoms with Gasteiger partial charge in [-0.05, 0) is 118 Å². The molecule has 7 rings (SSSR count). The molecule has 0 spiro atoms. The quantitative estimate of drug-likeness (QED) is 0.0655. The molecule has 0 amide bonds. The van der Waals surface area contributed by atoms with Crippen LogP contribution in [0.3, 0.4) is 0 Å². The minimum atomic E-state index is -0.444. The number of aliphatic hydroxyl groups excluding tert-OH is 1. The van der Waals surface area contributed by atoms with Crippen molar-refractivity contribution in [2.75, 3.05) is 23.8 Å². The summed E-state index contributed by atoms with van der Waals surface area (Å²) in [5, 5.41) is 18.4. The number of thioether (sulfide) groups is 1. The van der Waals surface area contributed by atoms with Crippen LogP contribution >= 0.6 is 23.4 Å². The third-order valence-corrected chi connectivity index (χ3v) is 11.5. The van der Waals surface area contributed by atoms with Gasteiger partial charge in [0.25, 0.3) is 0 Å². The largest absolute Gasteiger partial charge is 0.396 e. The average molecular weight is 708 g/mol. The van der Waals surface area contributed by atoms with Crippen molar-refractivity contribution in [3.63, 3.8) is 0 Å². The topological polar surface area (TPSA) is 143 Å². The van der Waals surface area contributed by atoms with Crippen molar-refractivity contribution < 1.29 is 14.2 Å². The van der Waals surface area contributed by atoms with E-state index in [4.69, 9.17) is 38.2 Å². The number of nitrogens with zero attached hydrogens (tertiary/aromatic N) is 3. The Morgan fingerprint density at radius 3 is 2.73 bits per heavy atom. The number of aliphatic hydroxyl groups is 1. The monoisotopic (exact) mass is 707 g/mol. The van der Waals surface area contributed by atoms with Crippen molar-refractivity contribution in [3.05, 3.63) is 75.1 Å². The molecule has 0 radical (unpaired) electrons. The Bertz CT molecular complexity index is 1760. The van der Waals surface area contributed by atoms with E-state index < -0.39 is 5.82 Å². The van der Waals surface area contributed by atoms with Gasteiger partial charge in [-0.1, -0.05) is 35.5 Å². The lowest BCUT2D eigenvalue weighted by Crippen LogP contribution is -2.43. The number of aryl methyl sites for hydroxylation is 1. The van der Waals surface area contributed by atoms with Gasteiger partial charge in [0.2, 0.25) is 0 Å². The lowest BCUT2D eigenvalue weighted by atomic mass is 9.89. The van der Waals surface area contributed by atoms with E-state index in [0.717, 1.165) is 80.1 Å². The van der Waals surface area contributed by atoms with E-state index in [0.29, 0.717) is 28.7 Å². The molecule has 12 heteroatoms. The summed E-state index contributed by atoms with van der Waals surface area (Å²) < 4.78 is 21.4. The lowest BCUT2D eigenvalue weighted by molar-refractivity contribution is 0.0654. The first-order valence-electron chi connectivity index (χ1n) is 17.7. The van der Waals surface area contributed by atoms with Crippen LogP contribution in [-0.2, 0) is 11.2 Å². The number of hydrogen-bond donors (Lipinski definition) is 5. The van der Waals surface area contributed by atoms with Crippen molar-refractivity contribution in [2.45, 2.75) is 94.8 Å². The van der Waals surface area contributed by atoms with Gasteiger partial charge in [0.1, 0.15) is 5.49 Å². The summed E-state index contributed by atoms with van der Waals surface area (Å²) in [5.74, 6) is 1.03. The Morgan fingerprint density at radius 1 is 1.16 bits per heavy atom. The van der Waals surface area contributed by atoms with Gasteiger partial charge in [0.15, 0.2) is 23.4 Å². The van der Waals surface area contributed by atoms with Crippen LogP contribution in [0.2, 0.25) is 5.02 Å². The van der Waals surface area contributed by atoms with Gasteiger partial charge in [-0.25, -0.2) is 9.38 Å².